The molecule has 210 valence electrons. The van der Waals surface area contributed by atoms with Crippen molar-refractivity contribution in [2.75, 3.05) is 26.4 Å². The van der Waals surface area contributed by atoms with E-state index in [9.17, 15) is 19.5 Å². The first-order valence-electron chi connectivity index (χ1n) is 11.1. The Bertz CT molecular complexity index is 721. The van der Waals surface area contributed by atoms with Gasteiger partial charge in [-0.1, -0.05) is 69.3 Å². The molecule has 1 fully saturated rings. The van der Waals surface area contributed by atoms with Gasteiger partial charge < -0.3 is 40.9 Å². The van der Waals surface area contributed by atoms with E-state index in [0.29, 0.717) is 0 Å². The topological polar surface area (TPSA) is 213 Å². The van der Waals surface area contributed by atoms with E-state index in [0.717, 1.165) is 49.5 Å². The van der Waals surface area contributed by atoms with Crippen LogP contribution in [0.2, 0.25) is 0 Å². The molecular weight excluding hydrogens is 488 g/mol. The van der Waals surface area contributed by atoms with Gasteiger partial charge in [-0.15, -0.1) is 0 Å². The summed E-state index contributed by atoms with van der Waals surface area (Å²) in [7, 11) is 0. The van der Waals surface area contributed by atoms with Crippen molar-refractivity contribution >= 4 is 17.9 Å². The second-order valence-electron chi connectivity index (χ2n) is 7.72. The highest BCUT2D eigenvalue weighted by Crippen LogP contribution is 2.36. The maximum Gasteiger partial charge on any atom is 0.327 e. The van der Waals surface area contributed by atoms with Crippen molar-refractivity contribution in [3.63, 3.8) is 0 Å². The summed E-state index contributed by atoms with van der Waals surface area (Å²) in [4.78, 5) is 27.8. The van der Waals surface area contributed by atoms with Gasteiger partial charge in [-0.2, -0.15) is 0 Å². The molecule has 1 aliphatic rings. The predicted octanol–water partition coefficient (Wildman–Crippen LogP) is 1.55. The summed E-state index contributed by atoms with van der Waals surface area (Å²) >= 11 is 0. The number of aliphatic hydroxyl groups excluding tert-OH is 4. The van der Waals surface area contributed by atoms with Crippen LogP contribution in [0.4, 0.5) is 0 Å². The Morgan fingerprint density at radius 2 is 1.00 bits per heavy atom. The zero-order valence-electron chi connectivity index (χ0n) is 20.9. The molecule has 1 saturated carbocycles. The fourth-order valence-corrected chi connectivity index (χ4v) is 2.47. The molecule has 0 heterocycles. The summed E-state index contributed by atoms with van der Waals surface area (Å²) in [5.74, 6) is -2.94. The van der Waals surface area contributed by atoms with Gasteiger partial charge in [0.05, 0.1) is 37.4 Å². The van der Waals surface area contributed by atoms with Crippen molar-refractivity contribution in [3.05, 3.63) is 73.9 Å². The molecule has 1 aromatic carbocycles. The second kappa shape index (κ2) is 23.1. The summed E-state index contributed by atoms with van der Waals surface area (Å²) in [6.45, 7) is 7.26. The first kappa shape index (κ1) is 38.2. The van der Waals surface area contributed by atoms with Crippen molar-refractivity contribution in [1.82, 2.24) is 0 Å². The van der Waals surface area contributed by atoms with E-state index in [2.05, 4.69) is 19.7 Å². The van der Waals surface area contributed by atoms with E-state index in [1.807, 2.05) is 30.3 Å². The lowest BCUT2D eigenvalue weighted by atomic mass is 9.80. The molecule has 0 radical (unpaired) electrons. The molecule has 11 nitrogen and oxygen atoms in total. The lowest BCUT2D eigenvalue weighted by Gasteiger charge is -2.32. The molecule has 0 aliphatic heterocycles. The summed E-state index contributed by atoms with van der Waals surface area (Å²) in [5.41, 5.74) is -0.547. The van der Waals surface area contributed by atoms with Gasteiger partial charge in [0.2, 0.25) is 0 Å². The molecule has 0 aromatic heterocycles. The number of hydrogen-bond acceptors (Lipinski definition) is 8. The summed E-state index contributed by atoms with van der Waals surface area (Å²) in [5, 5.41) is 67.1. The quantitative estimate of drug-likeness (QED) is 0.227. The molecule has 0 spiro atoms. The van der Waals surface area contributed by atoms with E-state index in [4.69, 9.17) is 35.7 Å². The summed E-state index contributed by atoms with van der Waals surface area (Å²) in [6, 6.07) is 10.1. The highest BCUT2D eigenvalue weighted by Gasteiger charge is 2.30. The van der Waals surface area contributed by atoms with Crippen LogP contribution < -0.4 is 0 Å². The highest BCUT2D eigenvalue weighted by molar-refractivity contribution is 5.79. The van der Waals surface area contributed by atoms with Gasteiger partial charge in [-0.3, -0.25) is 0 Å². The number of aliphatic carboxylic acids is 3. The minimum Gasteiger partial charge on any atom is -0.478 e. The van der Waals surface area contributed by atoms with E-state index < -0.39 is 55.4 Å². The van der Waals surface area contributed by atoms with Crippen LogP contribution in [0.5, 0.6) is 0 Å². The van der Waals surface area contributed by atoms with Crippen LogP contribution in [0.15, 0.2) is 68.3 Å². The van der Waals surface area contributed by atoms with E-state index in [-0.39, 0.29) is 0 Å². The average molecular weight is 529 g/mol. The van der Waals surface area contributed by atoms with Gasteiger partial charge in [0.1, 0.15) is 0 Å². The largest absolute Gasteiger partial charge is 0.478 e. The van der Waals surface area contributed by atoms with Gasteiger partial charge in [0.15, 0.2) is 0 Å². The molecule has 37 heavy (non-hydrogen) atoms. The standard InChI is InChI=1S/C12H16O.C5H12O4.3C3H4O2/c13-12(9-5-2-6-10-12)11-7-3-1-4-8-11;6-1-5(2-7,3-8)4-9;3*1-2-3(4)5/h1,3-4,7-8,13H,2,5-6,9-10H2;6-9H,1-4H2;3*2H,1H2,(H,4,5). The number of benzene rings is 1. The monoisotopic (exact) mass is 528 g/mol. The highest BCUT2D eigenvalue weighted by atomic mass is 16.4. The van der Waals surface area contributed by atoms with Gasteiger partial charge in [-0.25, -0.2) is 14.4 Å². The molecule has 1 aromatic rings. The number of rotatable bonds is 8. The lowest BCUT2D eigenvalue weighted by Crippen LogP contribution is -2.37. The predicted molar refractivity (Wildman–Crippen MR) is 138 cm³/mol. The fraction of sp³-hybridized carbons (Fsp3) is 0.423. The molecule has 0 atom stereocenters. The third-order valence-corrected chi connectivity index (χ3v) is 4.86. The summed E-state index contributed by atoms with van der Waals surface area (Å²) < 4.78 is 0. The molecule has 0 saturated heterocycles. The molecule has 0 unspecified atom stereocenters. The van der Waals surface area contributed by atoms with Gasteiger partial charge in [-0.05, 0) is 18.4 Å². The zero-order chi connectivity index (χ0) is 29.3. The third kappa shape index (κ3) is 20.5. The van der Waals surface area contributed by atoms with Gasteiger partial charge >= 0.3 is 17.9 Å². The SMILES string of the molecule is C=CC(=O)O.C=CC(=O)O.C=CC(=O)O.OC1(c2ccccc2)CCCCC1.OCC(CO)(CO)CO. The van der Waals surface area contributed by atoms with Crippen LogP contribution in [0.25, 0.3) is 0 Å². The van der Waals surface area contributed by atoms with Crippen LogP contribution in [-0.2, 0) is 20.0 Å². The first-order chi connectivity index (χ1) is 17.4. The maximum atomic E-state index is 10.3. The Morgan fingerprint density at radius 1 is 0.703 bits per heavy atom. The van der Waals surface area contributed by atoms with Crippen LogP contribution in [0.3, 0.4) is 0 Å². The normalized spacial score (nSPS) is 13.0. The average Bonchev–Trinajstić information content (AvgIpc) is 2.92. The Kier molecular flexibility index (Phi) is 23.8. The van der Waals surface area contributed by atoms with Crippen molar-refractivity contribution in [3.8, 4) is 0 Å². The maximum absolute atomic E-state index is 10.3. The molecule has 11 heteroatoms. The Labute approximate surface area is 217 Å². The zero-order valence-corrected chi connectivity index (χ0v) is 20.9. The molecule has 8 N–H and O–H groups in total. The van der Waals surface area contributed by atoms with Crippen LogP contribution in [0.1, 0.15) is 37.7 Å². The Balaban J connectivity index is -0.000000423. The van der Waals surface area contributed by atoms with Gasteiger partial charge in [0, 0.05) is 18.2 Å². The smallest absolute Gasteiger partial charge is 0.327 e. The number of carboxylic acids is 3. The van der Waals surface area contributed by atoms with Crippen molar-refractivity contribution < 1.29 is 55.2 Å². The number of carbonyl (C=O) groups is 3. The Hall–Kier alpha value is -3.35. The van der Waals surface area contributed by atoms with E-state index >= 15 is 0 Å². The molecule has 0 amide bonds. The van der Waals surface area contributed by atoms with Crippen LogP contribution in [-0.4, -0.2) is 85.2 Å². The molecular formula is C26H40O11. The number of carboxylic acid groups (broad SMARTS) is 3. The van der Waals surface area contributed by atoms with Crippen molar-refractivity contribution in [2.45, 2.75) is 37.7 Å². The number of aliphatic hydroxyl groups is 5. The summed E-state index contributed by atoms with van der Waals surface area (Å²) in [6.07, 6.45) is 7.94. The van der Waals surface area contributed by atoms with E-state index in [1.165, 1.54) is 6.42 Å². The van der Waals surface area contributed by atoms with Crippen molar-refractivity contribution in [1.29, 1.82) is 0 Å². The van der Waals surface area contributed by atoms with Crippen LogP contribution >= 0.6 is 0 Å². The third-order valence-electron chi connectivity index (χ3n) is 4.86. The van der Waals surface area contributed by atoms with Crippen molar-refractivity contribution in [2.24, 2.45) is 5.41 Å². The fourth-order valence-electron chi connectivity index (χ4n) is 2.47. The van der Waals surface area contributed by atoms with Crippen LogP contribution in [0, 0.1) is 5.41 Å². The van der Waals surface area contributed by atoms with Gasteiger partial charge in [0.25, 0.3) is 0 Å². The second-order valence-corrected chi connectivity index (χ2v) is 7.72. The number of hydrogen-bond donors (Lipinski definition) is 8. The molecule has 0 bridgehead atoms. The first-order valence-corrected chi connectivity index (χ1v) is 11.1. The molecule has 1 aliphatic carbocycles. The lowest BCUT2D eigenvalue weighted by molar-refractivity contribution is -0.132. The van der Waals surface area contributed by atoms with E-state index in [1.54, 1.807) is 0 Å². The minimum absolute atomic E-state index is 0.406. The Morgan fingerprint density at radius 3 is 1.22 bits per heavy atom. The minimum atomic E-state index is -1.11. The molecule has 2 rings (SSSR count).